The SMILES string of the molecule is O=C(O[C@@H]1O[C@H](C(=O)O)[C@@H](O)[C@H](O)[C@H]1O)c1cccs1. The molecule has 1 saturated heterocycles. The lowest BCUT2D eigenvalue weighted by Gasteiger charge is -2.37. The molecule has 0 radical (unpaired) electrons. The molecule has 1 aromatic heterocycles. The first-order valence-corrected chi connectivity index (χ1v) is 6.46. The van der Waals surface area contributed by atoms with Crippen LogP contribution in [0.15, 0.2) is 17.5 Å². The lowest BCUT2D eigenvalue weighted by atomic mass is 9.99. The second kappa shape index (κ2) is 5.85. The van der Waals surface area contributed by atoms with Gasteiger partial charge in [0.15, 0.2) is 6.10 Å². The Kier molecular flexibility index (Phi) is 4.35. The van der Waals surface area contributed by atoms with Crippen LogP contribution >= 0.6 is 11.3 Å². The van der Waals surface area contributed by atoms with Gasteiger partial charge in [-0.05, 0) is 11.4 Å². The van der Waals surface area contributed by atoms with E-state index in [9.17, 15) is 24.9 Å². The van der Waals surface area contributed by atoms with Crippen molar-refractivity contribution in [3.8, 4) is 0 Å². The molecular weight excluding hydrogens is 292 g/mol. The fraction of sp³-hybridized carbons (Fsp3) is 0.455. The van der Waals surface area contributed by atoms with Gasteiger partial charge in [0.25, 0.3) is 0 Å². The second-order valence-corrected chi connectivity index (χ2v) is 5.07. The van der Waals surface area contributed by atoms with E-state index in [-0.39, 0.29) is 4.88 Å². The number of carboxylic acids is 1. The van der Waals surface area contributed by atoms with E-state index in [0.717, 1.165) is 11.3 Å². The zero-order valence-electron chi connectivity index (χ0n) is 9.95. The van der Waals surface area contributed by atoms with E-state index in [1.54, 1.807) is 11.4 Å². The third kappa shape index (κ3) is 2.81. The number of carbonyl (C=O) groups is 2. The molecule has 0 saturated carbocycles. The van der Waals surface area contributed by atoms with Crippen LogP contribution in [0.2, 0.25) is 0 Å². The fourth-order valence-corrected chi connectivity index (χ4v) is 2.31. The Morgan fingerprint density at radius 1 is 1.20 bits per heavy atom. The van der Waals surface area contributed by atoms with E-state index in [1.807, 2.05) is 0 Å². The van der Waals surface area contributed by atoms with Crippen molar-refractivity contribution in [1.82, 2.24) is 0 Å². The molecule has 2 rings (SSSR count). The maximum absolute atomic E-state index is 11.7. The lowest BCUT2D eigenvalue weighted by Crippen LogP contribution is -2.60. The van der Waals surface area contributed by atoms with Crippen LogP contribution in [0, 0.1) is 0 Å². The molecule has 0 bridgehead atoms. The Morgan fingerprint density at radius 3 is 2.45 bits per heavy atom. The molecule has 0 unspecified atom stereocenters. The first-order chi connectivity index (χ1) is 9.41. The van der Waals surface area contributed by atoms with Crippen molar-refractivity contribution < 1.29 is 39.5 Å². The van der Waals surface area contributed by atoms with Gasteiger partial charge in [0.2, 0.25) is 6.29 Å². The number of hydrogen-bond acceptors (Lipinski definition) is 8. The van der Waals surface area contributed by atoms with Crippen LogP contribution in [0.1, 0.15) is 9.67 Å². The van der Waals surface area contributed by atoms with Crippen LogP contribution in [0.4, 0.5) is 0 Å². The van der Waals surface area contributed by atoms with E-state index in [2.05, 4.69) is 0 Å². The number of aliphatic hydroxyl groups excluding tert-OH is 3. The van der Waals surface area contributed by atoms with Gasteiger partial charge in [-0.1, -0.05) is 6.07 Å². The Balaban J connectivity index is 2.10. The Labute approximate surface area is 116 Å². The summed E-state index contributed by atoms with van der Waals surface area (Å²) in [5.74, 6) is -2.36. The van der Waals surface area contributed by atoms with Gasteiger partial charge < -0.3 is 29.9 Å². The molecule has 1 aromatic rings. The third-order valence-electron chi connectivity index (χ3n) is 2.76. The molecule has 110 valence electrons. The molecule has 9 heteroatoms. The minimum atomic E-state index is -1.82. The number of aliphatic hydroxyl groups is 3. The van der Waals surface area contributed by atoms with Crippen LogP contribution in [0.25, 0.3) is 0 Å². The summed E-state index contributed by atoms with van der Waals surface area (Å²) in [6, 6.07) is 3.08. The predicted octanol–water partition coefficient (Wildman–Crippen LogP) is -1.20. The Bertz CT molecular complexity index is 487. The molecule has 0 amide bonds. The number of aliphatic carboxylic acids is 1. The minimum Gasteiger partial charge on any atom is -0.479 e. The highest BCUT2D eigenvalue weighted by Gasteiger charge is 2.48. The van der Waals surface area contributed by atoms with Crippen LogP contribution in [-0.2, 0) is 14.3 Å². The molecule has 1 aliphatic rings. The van der Waals surface area contributed by atoms with Gasteiger partial charge in [-0.25, -0.2) is 9.59 Å². The van der Waals surface area contributed by atoms with E-state index in [4.69, 9.17) is 14.6 Å². The number of carboxylic acid groups (broad SMARTS) is 1. The highest BCUT2D eigenvalue weighted by molar-refractivity contribution is 7.11. The smallest absolute Gasteiger partial charge is 0.350 e. The van der Waals surface area contributed by atoms with Crippen molar-refractivity contribution in [1.29, 1.82) is 0 Å². The molecule has 0 spiro atoms. The first-order valence-electron chi connectivity index (χ1n) is 5.58. The third-order valence-corrected chi connectivity index (χ3v) is 3.61. The summed E-state index contributed by atoms with van der Waals surface area (Å²) >= 11 is 1.09. The molecule has 4 N–H and O–H groups in total. The summed E-state index contributed by atoms with van der Waals surface area (Å²) in [5, 5.41) is 39.1. The summed E-state index contributed by atoms with van der Waals surface area (Å²) in [6.07, 6.45) is -8.84. The number of ether oxygens (including phenoxy) is 2. The quantitative estimate of drug-likeness (QED) is 0.512. The largest absolute Gasteiger partial charge is 0.479 e. The zero-order chi connectivity index (χ0) is 14.9. The second-order valence-electron chi connectivity index (χ2n) is 4.12. The molecule has 2 heterocycles. The number of carbonyl (C=O) groups excluding carboxylic acids is 1. The van der Waals surface area contributed by atoms with E-state index in [0.29, 0.717) is 0 Å². The normalized spacial score (nSPS) is 33.6. The average Bonchev–Trinajstić information content (AvgIpc) is 2.93. The molecule has 8 nitrogen and oxygen atoms in total. The van der Waals surface area contributed by atoms with Crippen LogP contribution in [-0.4, -0.2) is 63.1 Å². The molecule has 1 fully saturated rings. The molecule has 0 aromatic carbocycles. The van der Waals surface area contributed by atoms with Crippen LogP contribution in [0.3, 0.4) is 0 Å². The molecule has 20 heavy (non-hydrogen) atoms. The Hall–Kier alpha value is -1.52. The summed E-state index contributed by atoms with van der Waals surface area (Å²) < 4.78 is 9.63. The van der Waals surface area contributed by atoms with Gasteiger partial charge >= 0.3 is 11.9 Å². The lowest BCUT2D eigenvalue weighted by molar-refractivity contribution is -0.278. The number of thiophene rings is 1. The van der Waals surface area contributed by atoms with Gasteiger partial charge in [0.1, 0.15) is 23.2 Å². The number of esters is 1. The maximum Gasteiger partial charge on any atom is 0.350 e. The summed E-state index contributed by atoms with van der Waals surface area (Å²) in [4.78, 5) is 22.8. The van der Waals surface area contributed by atoms with Crippen molar-refractivity contribution in [2.75, 3.05) is 0 Å². The number of hydrogen-bond donors (Lipinski definition) is 4. The van der Waals surface area contributed by atoms with Gasteiger partial charge in [-0.3, -0.25) is 0 Å². The van der Waals surface area contributed by atoms with Gasteiger partial charge in [-0.2, -0.15) is 0 Å². The van der Waals surface area contributed by atoms with Gasteiger partial charge in [-0.15, -0.1) is 11.3 Å². The minimum absolute atomic E-state index is 0.230. The van der Waals surface area contributed by atoms with Crippen molar-refractivity contribution >= 4 is 23.3 Å². The van der Waals surface area contributed by atoms with Crippen LogP contribution < -0.4 is 0 Å². The highest BCUT2D eigenvalue weighted by Crippen LogP contribution is 2.23. The van der Waals surface area contributed by atoms with Gasteiger partial charge in [0, 0.05) is 0 Å². The summed E-state index contributed by atoms with van der Waals surface area (Å²) in [5.41, 5.74) is 0. The molecule has 0 aliphatic carbocycles. The summed E-state index contributed by atoms with van der Waals surface area (Å²) in [7, 11) is 0. The average molecular weight is 304 g/mol. The fourth-order valence-electron chi connectivity index (χ4n) is 1.71. The van der Waals surface area contributed by atoms with E-state index < -0.39 is 42.6 Å². The first kappa shape index (κ1) is 14.9. The van der Waals surface area contributed by atoms with Crippen molar-refractivity contribution in [3.63, 3.8) is 0 Å². The van der Waals surface area contributed by atoms with Crippen molar-refractivity contribution in [2.45, 2.75) is 30.7 Å². The predicted molar refractivity (Wildman–Crippen MR) is 64.1 cm³/mol. The monoisotopic (exact) mass is 304 g/mol. The van der Waals surface area contributed by atoms with E-state index in [1.165, 1.54) is 6.07 Å². The summed E-state index contributed by atoms with van der Waals surface area (Å²) in [6.45, 7) is 0. The number of rotatable bonds is 3. The molecule has 1 aliphatic heterocycles. The Morgan fingerprint density at radius 2 is 1.90 bits per heavy atom. The molecular formula is C11H12O8S. The van der Waals surface area contributed by atoms with Crippen molar-refractivity contribution in [2.24, 2.45) is 0 Å². The van der Waals surface area contributed by atoms with Crippen LogP contribution in [0.5, 0.6) is 0 Å². The molecule has 5 atom stereocenters. The standard InChI is InChI=1S/C11H12O8S/c12-5-6(13)8(9(15)16)18-11(7(5)14)19-10(17)4-2-1-3-20-4/h1-3,5-8,11-14H,(H,15,16)/t5-,6-,7+,8-,11-/m0/s1. The highest BCUT2D eigenvalue weighted by atomic mass is 32.1. The maximum atomic E-state index is 11.7. The van der Waals surface area contributed by atoms with E-state index >= 15 is 0 Å². The van der Waals surface area contributed by atoms with Crippen molar-refractivity contribution in [3.05, 3.63) is 22.4 Å². The zero-order valence-corrected chi connectivity index (χ0v) is 10.8. The van der Waals surface area contributed by atoms with Gasteiger partial charge in [0.05, 0.1) is 0 Å². The topological polar surface area (TPSA) is 134 Å².